The molecule has 0 N–H and O–H groups in total. The van der Waals surface area contributed by atoms with Crippen LogP contribution in [0.4, 0.5) is 5.69 Å². The van der Waals surface area contributed by atoms with E-state index < -0.39 is 0 Å². The molecule has 0 unspecified atom stereocenters. The van der Waals surface area contributed by atoms with Crippen LogP contribution in [0.25, 0.3) is 0 Å². The molecule has 1 aliphatic carbocycles. The van der Waals surface area contributed by atoms with Crippen LogP contribution in [-0.4, -0.2) is 58.5 Å². The predicted molar refractivity (Wildman–Crippen MR) is 116 cm³/mol. The minimum atomic E-state index is 0.628. The van der Waals surface area contributed by atoms with Crippen LogP contribution in [0.3, 0.4) is 0 Å². The summed E-state index contributed by atoms with van der Waals surface area (Å²) < 4.78 is 10.9. The van der Waals surface area contributed by atoms with E-state index in [0.29, 0.717) is 12.5 Å². The number of rotatable bonds is 6. The number of benzene rings is 2. The van der Waals surface area contributed by atoms with Crippen LogP contribution in [0.1, 0.15) is 29.0 Å². The highest BCUT2D eigenvalue weighted by Gasteiger charge is 2.29. The van der Waals surface area contributed by atoms with Gasteiger partial charge in [-0.25, -0.2) is 0 Å². The Hall–Kier alpha value is -2.44. The number of hydrogen-bond donors (Lipinski definition) is 0. The first-order valence-corrected chi connectivity index (χ1v) is 10.9. The maximum absolute atomic E-state index is 5.48. The van der Waals surface area contributed by atoms with Crippen molar-refractivity contribution in [1.29, 1.82) is 0 Å². The molecule has 5 rings (SSSR count). The van der Waals surface area contributed by atoms with Crippen LogP contribution in [0.5, 0.6) is 17.2 Å². The molecule has 30 heavy (non-hydrogen) atoms. The van der Waals surface area contributed by atoms with E-state index in [0.717, 1.165) is 62.8 Å². The van der Waals surface area contributed by atoms with Gasteiger partial charge in [0, 0.05) is 43.9 Å². The zero-order valence-corrected chi connectivity index (χ0v) is 17.9. The molecule has 0 aromatic heterocycles. The summed E-state index contributed by atoms with van der Waals surface area (Å²) in [7, 11) is 3.41. The van der Waals surface area contributed by atoms with E-state index in [4.69, 9.17) is 19.2 Å². The van der Waals surface area contributed by atoms with E-state index in [9.17, 15) is 0 Å². The molecule has 0 saturated carbocycles. The molecule has 1 atom stereocenters. The molecule has 6 heteroatoms. The summed E-state index contributed by atoms with van der Waals surface area (Å²) >= 11 is 0. The maximum Gasteiger partial charge on any atom is 0.170 e. The molecule has 1 fully saturated rings. The fraction of sp³-hybridized carbons (Fsp3) is 0.500. The van der Waals surface area contributed by atoms with E-state index in [2.05, 4.69) is 34.1 Å². The monoisotopic (exact) mass is 410 g/mol. The molecule has 2 heterocycles. The van der Waals surface area contributed by atoms with Gasteiger partial charge >= 0.3 is 0 Å². The van der Waals surface area contributed by atoms with Crippen LogP contribution >= 0.6 is 0 Å². The molecule has 2 aromatic rings. The zero-order chi connectivity index (χ0) is 20.5. The molecule has 6 nitrogen and oxygen atoms in total. The van der Waals surface area contributed by atoms with Crippen LogP contribution < -0.4 is 19.3 Å². The summed E-state index contributed by atoms with van der Waals surface area (Å²) in [5.41, 5.74) is 5.43. The van der Waals surface area contributed by atoms with Gasteiger partial charge in [0.15, 0.2) is 17.2 Å². The third kappa shape index (κ3) is 3.59. The molecular formula is C24H30N2O4. The summed E-state index contributed by atoms with van der Waals surface area (Å²) in [5.74, 6) is 3.19. The lowest BCUT2D eigenvalue weighted by molar-refractivity contribution is -0.215. The Balaban J connectivity index is 1.16. The van der Waals surface area contributed by atoms with Gasteiger partial charge in [-0.2, -0.15) is 4.89 Å². The van der Waals surface area contributed by atoms with Gasteiger partial charge in [-0.05, 0) is 60.7 Å². The highest BCUT2D eigenvalue weighted by molar-refractivity contribution is 5.60. The minimum absolute atomic E-state index is 0.628. The molecule has 3 aliphatic rings. The van der Waals surface area contributed by atoms with Crippen LogP contribution in [0.2, 0.25) is 0 Å². The van der Waals surface area contributed by atoms with E-state index in [-0.39, 0.29) is 0 Å². The Morgan fingerprint density at radius 3 is 2.63 bits per heavy atom. The molecule has 0 amide bonds. The first-order valence-electron chi connectivity index (χ1n) is 10.9. The molecule has 2 aliphatic heterocycles. The lowest BCUT2D eigenvalue weighted by Crippen LogP contribution is -2.47. The van der Waals surface area contributed by atoms with Crippen molar-refractivity contribution >= 4 is 5.69 Å². The summed E-state index contributed by atoms with van der Waals surface area (Å²) in [5, 5.41) is 0. The quantitative estimate of drug-likeness (QED) is 0.680. The first kappa shape index (κ1) is 19.5. The molecule has 0 bridgehead atoms. The number of methoxy groups -OCH3 is 2. The van der Waals surface area contributed by atoms with Crippen molar-refractivity contribution in [3.8, 4) is 17.2 Å². The number of anilines is 1. The summed E-state index contributed by atoms with van der Waals surface area (Å²) in [6, 6.07) is 10.6. The highest BCUT2D eigenvalue weighted by Crippen LogP contribution is 2.44. The Labute approximate surface area is 178 Å². The first-order chi connectivity index (χ1) is 14.8. The van der Waals surface area contributed by atoms with Gasteiger partial charge in [-0.3, -0.25) is 4.90 Å². The molecular weight excluding hydrogens is 380 g/mol. The van der Waals surface area contributed by atoms with Crippen LogP contribution in [0.15, 0.2) is 30.3 Å². The lowest BCUT2D eigenvalue weighted by Gasteiger charge is -2.39. The Morgan fingerprint density at radius 2 is 1.83 bits per heavy atom. The van der Waals surface area contributed by atoms with Gasteiger partial charge < -0.3 is 19.3 Å². The van der Waals surface area contributed by atoms with Crippen molar-refractivity contribution in [1.82, 2.24) is 4.90 Å². The largest absolute Gasteiger partial charge is 0.493 e. The molecule has 0 spiro atoms. The Kier molecular flexibility index (Phi) is 5.44. The number of nitrogens with zero attached hydrogens (tertiary/aromatic N) is 2. The SMILES string of the molecule is COc1cc2c(cc1OC)[C@@H](CCN1CCN(c3cccc4c3CCOO4)CC1)C2. The molecule has 160 valence electrons. The van der Waals surface area contributed by atoms with Gasteiger partial charge in [0.1, 0.15) is 0 Å². The van der Waals surface area contributed by atoms with Crippen molar-refractivity contribution in [2.24, 2.45) is 0 Å². The Morgan fingerprint density at radius 1 is 1.03 bits per heavy atom. The normalized spacial score (nSPS) is 20.6. The lowest BCUT2D eigenvalue weighted by atomic mass is 9.75. The third-order valence-electron chi connectivity index (χ3n) is 6.75. The van der Waals surface area contributed by atoms with Crippen molar-refractivity contribution in [3.05, 3.63) is 47.0 Å². The third-order valence-corrected chi connectivity index (χ3v) is 6.75. The maximum atomic E-state index is 5.48. The predicted octanol–water partition coefficient (Wildman–Crippen LogP) is 3.42. The fourth-order valence-corrected chi connectivity index (χ4v) is 4.97. The second-order valence-electron chi connectivity index (χ2n) is 8.33. The van der Waals surface area contributed by atoms with Gasteiger partial charge in [0.25, 0.3) is 0 Å². The summed E-state index contributed by atoms with van der Waals surface area (Å²) in [6.45, 7) is 6.10. The van der Waals surface area contributed by atoms with Gasteiger partial charge in [-0.1, -0.05) is 6.07 Å². The van der Waals surface area contributed by atoms with Crippen molar-refractivity contribution in [2.75, 3.05) is 58.5 Å². The van der Waals surface area contributed by atoms with Crippen molar-refractivity contribution in [3.63, 3.8) is 0 Å². The van der Waals surface area contributed by atoms with Gasteiger partial charge in [-0.15, -0.1) is 0 Å². The summed E-state index contributed by atoms with van der Waals surface area (Å²) in [4.78, 5) is 15.6. The van der Waals surface area contributed by atoms with Crippen LogP contribution in [-0.2, 0) is 17.7 Å². The van der Waals surface area contributed by atoms with Crippen molar-refractivity contribution in [2.45, 2.75) is 25.2 Å². The van der Waals surface area contributed by atoms with Gasteiger partial charge in [0.2, 0.25) is 0 Å². The topological polar surface area (TPSA) is 43.4 Å². The number of ether oxygens (including phenoxy) is 2. The van der Waals surface area contributed by atoms with E-state index in [1.807, 2.05) is 6.07 Å². The smallest absolute Gasteiger partial charge is 0.170 e. The molecule has 2 aromatic carbocycles. The molecule has 1 saturated heterocycles. The fourth-order valence-electron chi connectivity index (χ4n) is 4.97. The zero-order valence-electron chi connectivity index (χ0n) is 17.9. The number of piperazine rings is 1. The van der Waals surface area contributed by atoms with Crippen LogP contribution in [0, 0.1) is 0 Å². The van der Waals surface area contributed by atoms with Gasteiger partial charge in [0.05, 0.1) is 20.8 Å². The highest BCUT2D eigenvalue weighted by atomic mass is 17.2. The standard InChI is InChI=1S/C24H30N2O4/c1-27-23-15-18-14-17(20(18)16-24(23)28-2)6-8-25-9-11-26(12-10-25)21-4-3-5-22-19(21)7-13-29-30-22/h3-5,15-17H,6-14H2,1-2H3/t17-/m0/s1. The molecule has 0 radical (unpaired) electrons. The number of hydrogen-bond acceptors (Lipinski definition) is 6. The van der Waals surface area contributed by atoms with E-state index >= 15 is 0 Å². The number of fused-ring (bicyclic) bond motifs is 2. The Bertz CT molecular complexity index is 908. The van der Waals surface area contributed by atoms with E-state index in [1.54, 1.807) is 14.2 Å². The average molecular weight is 411 g/mol. The van der Waals surface area contributed by atoms with E-state index in [1.165, 1.54) is 28.8 Å². The second kappa shape index (κ2) is 8.36. The van der Waals surface area contributed by atoms with Crippen molar-refractivity contribution < 1.29 is 19.2 Å². The summed E-state index contributed by atoms with van der Waals surface area (Å²) in [6.07, 6.45) is 3.27. The minimum Gasteiger partial charge on any atom is -0.493 e. The second-order valence-corrected chi connectivity index (χ2v) is 8.33. The average Bonchev–Trinajstić information content (AvgIpc) is 2.79.